The number of benzene rings is 1. The van der Waals surface area contributed by atoms with Crippen LogP contribution in [0.5, 0.6) is 0 Å². The molecule has 0 bridgehead atoms. The van der Waals surface area contributed by atoms with Gasteiger partial charge < -0.3 is 19.7 Å². The molecule has 31 heavy (non-hydrogen) atoms. The zero-order valence-corrected chi connectivity index (χ0v) is 17.3. The molecular weight excluding hydrogens is 401 g/mol. The van der Waals surface area contributed by atoms with E-state index in [0.717, 1.165) is 44.6 Å². The summed E-state index contributed by atoms with van der Waals surface area (Å²) in [4.78, 5) is 29.7. The zero-order chi connectivity index (χ0) is 21.6. The van der Waals surface area contributed by atoms with E-state index < -0.39 is 5.82 Å². The van der Waals surface area contributed by atoms with Crippen molar-refractivity contribution in [3.63, 3.8) is 0 Å². The number of carbonyl (C=O) groups is 1. The molecule has 0 saturated carbocycles. The molecule has 4 rings (SSSR count). The van der Waals surface area contributed by atoms with Crippen LogP contribution in [0.25, 0.3) is 11.1 Å². The van der Waals surface area contributed by atoms with E-state index in [9.17, 15) is 14.3 Å². The van der Waals surface area contributed by atoms with Crippen molar-refractivity contribution >= 4 is 17.6 Å². The van der Waals surface area contributed by atoms with E-state index in [1.165, 1.54) is 0 Å². The lowest BCUT2D eigenvalue weighted by atomic mass is 10.1. The molecule has 0 atom stereocenters. The van der Waals surface area contributed by atoms with Gasteiger partial charge in [-0.25, -0.2) is 14.4 Å². The first-order valence-corrected chi connectivity index (χ1v) is 10.6. The fraction of sp³-hybridized carbons (Fsp3) is 0.455. The second-order valence-corrected chi connectivity index (χ2v) is 7.67. The van der Waals surface area contributed by atoms with Crippen molar-refractivity contribution in [1.29, 1.82) is 0 Å². The van der Waals surface area contributed by atoms with Gasteiger partial charge in [-0.05, 0) is 6.42 Å². The summed E-state index contributed by atoms with van der Waals surface area (Å²) in [7, 11) is 0. The van der Waals surface area contributed by atoms with Crippen molar-refractivity contribution in [3.8, 4) is 11.1 Å². The van der Waals surface area contributed by atoms with Crippen LogP contribution in [0.15, 0.2) is 35.7 Å². The average molecular weight is 427 g/mol. The number of likely N-dealkylation sites (tertiary alicyclic amines) is 1. The SMILES string of the molecule is O=C1CCCN1CCON=C1CCN(c2ncc(-c3cccc(CO)c3F)cn2)CC1. The Labute approximate surface area is 180 Å². The van der Waals surface area contributed by atoms with Gasteiger partial charge in [0.2, 0.25) is 11.9 Å². The lowest BCUT2D eigenvalue weighted by molar-refractivity contribution is -0.128. The zero-order valence-electron chi connectivity index (χ0n) is 17.3. The molecule has 3 heterocycles. The highest BCUT2D eigenvalue weighted by molar-refractivity contribution is 5.86. The van der Waals surface area contributed by atoms with Gasteiger partial charge in [0.05, 0.1) is 18.9 Å². The third kappa shape index (κ3) is 4.99. The van der Waals surface area contributed by atoms with Gasteiger partial charge in [0.1, 0.15) is 12.4 Å². The molecule has 1 N–H and O–H groups in total. The molecule has 0 radical (unpaired) electrons. The number of amides is 1. The molecule has 164 valence electrons. The molecule has 9 heteroatoms. The number of rotatable bonds is 7. The lowest BCUT2D eigenvalue weighted by Crippen LogP contribution is -2.35. The number of carbonyl (C=O) groups excluding carboxylic acids is 1. The van der Waals surface area contributed by atoms with Crippen LogP contribution in [0.3, 0.4) is 0 Å². The van der Waals surface area contributed by atoms with Gasteiger partial charge in [-0.2, -0.15) is 0 Å². The maximum atomic E-state index is 14.4. The number of aromatic nitrogens is 2. The number of aliphatic hydroxyl groups excluding tert-OH is 1. The quantitative estimate of drug-likeness (QED) is 0.539. The first-order valence-electron chi connectivity index (χ1n) is 10.6. The Bertz CT molecular complexity index is 941. The molecule has 2 saturated heterocycles. The number of piperidine rings is 1. The molecule has 0 spiro atoms. The highest BCUT2D eigenvalue weighted by atomic mass is 19.1. The van der Waals surface area contributed by atoms with Gasteiger partial charge in [0.25, 0.3) is 0 Å². The van der Waals surface area contributed by atoms with E-state index >= 15 is 0 Å². The van der Waals surface area contributed by atoms with Crippen LogP contribution < -0.4 is 4.90 Å². The van der Waals surface area contributed by atoms with E-state index in [2.05, 4.69) is 20.0 Å². The monoisotopic (exact) mass is 427 g/mol. The number of nitrogens with zero attached hydrogens (tertiary/aromatic N) is 5. The predicted molar refractivity (Wildman–Crippen MR) is 114 cm³/mol. The molecule has 1 aromatic heterocycles. The normalized spacial score (nSPS) is 16.7. The number of aliphatic hydroxyl groups is 1. The number of anilines is 1. The van der Waals surface area contributed by atoms with Crippen LogP contribution >= 0.6 is 0 Å². The molecule has 0 aliphatic carbocycles. The highest BCUT2D eigenvalue weighted by Gasteiger charge is 2.20. The Hall–Kier alpha value is -3.07. The van der Waals surface area contributed by atoms with Crippen molar-refractivity contribution < 1.29 is 19.1 Å². The first-order chi connectivity index (χ1) is 15.2. The fourth-order valence-electron chi connectivity index (χ4n) is 3.83. The smallest absolute Gasteiger partial charge is 0.225 e. The number of hydrogen-bond acceptors (Lipinski definition) is 7. The molecule has 8 nitrogen and oxygen atoms in total. The molecule has 2 fully saturated rings. The van der Waals surface area contributed by atoms with Gasteiger partial charge in [0.15, 0.2) is 0 Å². The largest absolute Gasteiger partial charge is 0.394 e. The summed E-state index contributed by atoms with van der Waals surface area (Å²) >= 11 is 0. The van der Waals surface area contributed by atoms with Gasteiger partial charge >= 0.3 is 0 Å². The Morgan fingerprint density at radius 1 is 1.13 bits per heavy atom. The first kappa shape index (κ1) is 21.2. The Balaban J connectivity index is 1.28. The van der Waals surface area contributed by atoms with Gasteiger partial charge in [-0.15, -0.1) is 0 Å². The fourth-order valence-corrected chi connectivity index (χ4v) is 3.83. The molecule has 1 amide bonds. The standard InChI is InChI=1S/C22H26FN5O3/c23-21-16(15-29)3-1-4-19(21)17-13-24-22(25-14-17)28-9-6-18(7-10-28)26-31-12-11-27-8-2-5-20(27)30/h1,3-4,13-14,29H,2,5-12,15H2. The van der Waals surface area contributed by atoms with Gasteiger partial charge in [0, 0.05) is 68.0 Å². The summed E-state index contributed by atoms with van der Waals surface area (Å²) in [5.41, 5.74) is 2.18. The minimum atomic E-state index is -0.450. The molecule has 2 aliphatic heterocycles. The Morgan fingerprint density at radius 3 is 2.58 bits per heavy atom. The van der Waals surface area contributed by atoms with E-state index in [0.29, 0.717) is 36.6 Å². The maximum Gasteiger partial charge on any atom is 0.225 e. The number of halogens is 1. The maximum absolute atomic E-state index is 14.4. The van der Waals surface area contributed by atoms with E-state index in [-0.39, 0.29) is 18.1 Å². The minimum absolute atomic E-state index is 0.194. The van der Waals surface area contributed by atoms with Crippen molar-refractivity contribution in [1.82, 2.24) is 14.9 Å². The summed E-state index contributed by atoms with van der Waals surface area (Å²) in [6, 6.07) is 4.90. The van der Waals surface area contributed by atoms with Crippen LogP contribution in [-0.2, 0) is 16.2 Å². The number of hydrogen-bond donors (Lipinski definition) is 1. The summed E-state index contributed by atoms with van der Waals surface area (Å²) in [5.74, 6) is 0.337. The summed E-state index contributed by atoms with van der Waals surface area (Å²) in [6.07, 6.45) is 6.28. The highest BCUT2D eigenvalue weighted by Crippen LogP contribution is 2.25. The summed E-state index contributed by atoms with van der Waals surface area (Å²) in [5, 5.41) is 13.5. The van der Waals surface area contributed by atoms with Crippen molar-refractivity contribution in [2.24, 2.45) is 5.16 Å². The third-order valence-electron chi connectivity index (χ3n) is 5.64. The van der Waals surface area contributed by atoms with Crippen LogP contribution in [0.2, 0.25) is 0 Å². The average Bonchev–Trinajstić information content (AvgIpc) is 3.22. The van der Waals surface area contributed by atoms with Crippen LogP contribution in [-0.4, -0.2) is 64.4 Å². The van der Waals surface area contributed by atoms with Crippen molar-refractivity contribution in [2.75, 3.05) is 37.7 Å². The van der Waals surface area contributed by atoms with E-state index in [1.54, 1.807) is 30.6 Å². The van der Waals surface area contributed by atoms with Gasteiger partial charge in [-0.1, -0.05) is 23.4 Å². The molecule has 2 aliphatic rings. The van der Waals surface area contributed by atoms with E-state index in [1.807, 2.05) is 4.90 Å². The lowest BCUT2D eigenvalue weighted by Gasteiger charge is -2.27. The summed E-state index contributed by atoms with van der Waals surface area (Å²) < 4.78 is 14.4. The Kier molecular flexibility index (Phi) is 6.71. The summed E-state index contributed by atoms with van der Waals surface area (Å²) in [6.45, 7) is 2.91. The van der Waals surface area contributed by atoms with Crippen LogP contribution in [0.4, 0.5) is 10.3 Å². The van der Waals surface area contributed by atoms with Gasteiger partial charge in [-0.3, -0.25) is 4.79 Å². The molecule has 2 aromatic rings. The minimum Gasteiger partial charge on any atom is -0.394 e. The molecule has 1 aromatic carbocycles. The second-order valence-electron chi connectivity index (χ2n) is 7.67. The van der Waals surface area contributed by atoms with Crippen molar-refractivity contribution in [2.45, 2.75) is 32.3 Å². The topological polar surface area (TPSA) is 91.2 Å². The van der Waals surface area contributed by atoms with Crippen LogP contribution in [0, 0.1) is 5.82 Å². The van der Waals surface area contributed by atoms with E-state index in [4.69, 9.17) is 4.84 Å². The molecular formula is C22H26FN5O3. The predicted octanol–water partition coefficient (Wildman–Crippen LogP) is 2.37. The van der Waals surface area contributed by atoms with Crippen LogP contribution in [0.1, 0.15) is 31.2 Å². The number of oxime groups is 1. The third-order valence-corrected chi connectivity index (χ3v) is 5.64. The second kappa shape index (κ2) is 9.82. The Morgan fingerprint density at radius 2 is 1.90 bits per heavy atom. The van der Waals surface area contributed by atoms with Crippen molar-refractivity contribution in [3.05, 3.63) is 42.0 Å². The molecule has 0 unspecified atom stereocenters.